The average Bonchev–Trinajstić information content (AvgIpc) is 2.55. The number of aromatic nitrogens is 1. The molecule has 122 valence electrons. The molecule has 0 bridgehead atoms. The van der Waals surface area contributed by atoms with Gasteiger partial charge in [-0.05, 0) is 30.9 Å². The lowest BCUT2D eigenvalue weighted by molar-refractivity contribution is 0.411. The van der Waals surface area contributed by atoms with Crippen molar-refractivity contribution >= 4 is 15.7 Å². The molecule has 0 radical (unpaired) electrons. The lowest BCUT2D eigenvalue weighted by atomic mass is 10.0. The number of rotatable bonds is 3. The molecule has 0 atom stereocenters. The topological polar surface area (TPSA) is 59.5 Å². The summed E-state index contributed by atoms with van der Waals surface area (Å²) in [6, 6.07) is 9.24. The minimum Gasteiger partial charge on any atom is -0.495 e. The van der Waals surface area contributed by atoms with E-state index >= 15 is 0 Å². The molecule has 0 saturated carbocycles. The molecule has 6 heteroatoms. The average molecular weight is 332 g/mol. The van der Waals surface area contributed by atoms with Crippen LogP contribution < -0.4 is 9.04 Å². The molecule has 0 N–H and O–H groups in total. The highest BCUT2D eigenvalue weighted by molar-refractivity contribution is 7.92. The summed E-state index contributed by atoms with van der Waals surface area (Å²) < 4.78 is 32.8. The molecule has 0 aliphatic carbocycles. The van der Waals surface area contributed by atoms with Crippen LogP contribution in [0.4, 0.5) is 5.69 Å². The summed E-state index contributed by atoms with van der Waals surface area (Å²) in [6.45, 7) is 0.483. The molecule has 0 amide bonds. The Kier molecular flexibility index (Phi) is 4.52. The third-order valence-corrected chi connectivity index (χ3v) is 5.86. The highest BCUT2D eigenvalue weighted by Crippen LogP contribution is 2.31. The van der Waals surface area contributed by atoms with Crippen LogP contribution in [0.5, 0.6) is 5.75 Å². The summed E-state index contributed by atoms with van der Waals surface area (Å²) in [6.07, 6.45) is 6.74. The number of nitrogens with zero attached hydrogens (tertiary/aromatic N) is 2. The lowest BCUT2D eigenvalue weighted by Crippen LogP contribution is -2.33. The van der Waals surface area contributed by atoms with E-state index in [0.29, 0.717) is 12.3 Å². The summed E-state index contributed by atoms with van der Waals surface area (Å²) in [4.78, 5) is 4.14. The first-order valence-electron chi connectivity index (χ1n) is 7.72. The predicted molar refractivity (Wildman–Crippen MR) is 89.3 cm³/mol. The Morgan fingerprint density at radius 3 is 2.78 bits per heavy atom. The van der Waals surface area contributed by atoms with E-state index in [1.807, 2.05) is 24.3 Å². The van der Waals surface area contributed by atoms with Crippen LogP contribution in [0.15, 0.2) is 47.6 Å². The number of ether oxygens (including phenoxy) is 1. The molecule has 1 aromatic heterocycles. The highest BCUT2D eigenvalue weighted by Gasteiger charge is 2.27. The third kappa shape index (κ3) is 3.17. The maximum atomic E-state index is 13.1. The van der Waals surface area contributed by atoms with Crippen molar-refractivity contribution in [2.75, 3.05) is 18.0 Å². The van der Waals surface area contributed by atoms with Crippen molar-refractivity contribution in [1.29, 1.82) is 0 Å². The number of benzene rings is 1. The van der Waals surface area contributed by atoms with Gasteiger partial charge in [0.15, 0.2) is 0 Å². The number of pyridine rings is 1. The first kappa shape index (κ1) is 15.8. The minimum absolute atomic E-state index is 0.159. The fourth-order valence-electron chi connectivity index (χ4n) is 2.86. The van der Waals surface area contributed by atoms with Crippen molar-refractivity contribution < 1.29 is 13.2 Å². The fourth-order valence-corrected chi connectivity index (χ4v) is 4.38. The van der Waals surface area contributed by atoms with Crippen molar-refractivity contribution in [3.05, 3.63) is 48.3 Å². The van der Waals surface area contributed by atoms with Gasteiger partial charge in [0.2, 0.25) is 0 Å². The second kappa shape index (κ2) is 6.58. The molecule has 0 spiro atoms. The van der Waals surface area contributed by atoms with E-state index in [-0.39, 0.29) is 4.90 Å². The third-order valence-electron chi connectivity index (χ3n) is 4.08. The first-order chi connectivity index (χ1) is 11.1. The van der Waals surface area contributed by atoms with Crippen LogP contribution in [-0.2, 0) is 16.4 Å². The van der Waals surface area contributed by atoms with Gasteiger partial charge in [-0.3, -0.25) is 9.29 Å². The smallest absolute Gasteiger partial charge is 0.266 e. The molecule has 2 aromatic rings. The predicted octanol–water partition coefficient (Wildman–Crippen LogP) is 3.01. The van der Waals surface area contributed by atoms with E-state index in [1.165, 1.54) is 29.9 Å². The molecule has 2 heterocycles. The number of sulfonamides is 1. The van der Waals surface area contributed by atoms with Gasteiger partial charge >= 0.3 is 0 Å². The van der Waals surface area contributed by atoms with Gasteiger partial charge in [-0.25, -0.2) is 8.42 Å². The molecular formula is C17H20N2O3S. The highest BCUT2D eigenvalue weighted by atomic mass is 32.2. The van der Waals surface area contributed by atoms with E-state index in [1.54, 1.807) is 0 Å². The summed E-state index contributed by atoms with van der Waals surface area (Å²) >= 11 is 0. The van der Waals surface area contributed by atoms with Gasteiger partial charge in [-0.1, -0.05) is 24.6 Å². The number of hydrogen-bond donors (Lipinski definition) is 0. The molecular weight excluding hydrogens is 312 g/mol. The summed E-state index contributed by atoms with van der Waals surface area (Å²) in [7, 11) is -2.16. The van der Waals surface area contributed by atoms with Gasteiger partial charge in [0.1, 0.15) is 10.6 Å². The minimum atomic E-state index is -3.66. The van der Waals surface area contributed by atoms with Crippen LogP contribution in [-0.4, -0.2) is 27.1 Å². The maximum Gasteiger partial charge on any atom is 0.266 e. The normalized spacial score (nSPS) is 15.4. The molecule has 5 nitrogen and oxygen atoms in total. The van der Waals surface area contributed by atoms with Gasteiger partial charge in [-0.2, -0.15) is 0 Å². The molecule has 0 unspecified atom stereocenters. The number of hydrogen-bond acceptors (Lipinski definition) is 4. The molecule has 0 fully saturated rings. The first-order valence-corrected chi connectivity index (χ1v) is 9.16. The van der Waals surface area contributed by atoms with Crippen LogP contribution >= 0.6 is 0 Å². The van der Waals surface area contributed by atoms with Crippen LogP contribution in [0, 0.1) is 0 Å². The Balaban J connectivity index is 2.08. The number of methoxy groups -OCH3 is 1. The van der Waals surface area contributed by atoms with Crippen molar-refractivity contribution in [2.45, 2.75) is 30.6 Å². The van der Waals surface area contributed by atoms with Gasteiger partial charge in [0, 0.05) is 18.8 Å². The summed E-state index contributed by atoms with van der Waals surface area (Å²) in [5.41, 5.74) is 1.85. The quantitative estimate of drug-likeness (QED) is 0.867. The number of anilines is 1. The second-order valence-corrected chi connectivity index (χ2v) is 7.44. The molecule has 0 saturated heterocycles. The van der Waals surface area contributed by atoms with Crippen molar-refractivity contribution in [3.63, 3.8) is 0 Å². The van der Waals surface area contributed by atoms with Crippen LogP contribution in [0.3, 0.4) is 0 Å². The molecule has 3 rings (SSSR count). The summed E-state index contributed by atoms with van der Waals surface area (Å²) in [5.74, 6) is 0.436. The molecule has 23 heavy (non-hydrogen) atoms. The fraction of sp³-hybridized carbons (Fsp3) is 0.353. The molecule has 1 aliphatic heterocycles. The summed E-state index contributed by atoms with van der Waals surface area (Å²) in [5, 5.41) is 0. The second-order valence-electron chi connectivity index (χ2n) is 5.58. The van der Waals surface area contributed by atoms with Crippen LogP contribution in [0.25, 0.3) is 0 Å². The van der Waals surface area contributed by atoms with Crippen LogP contribution in [0.2, 0.25) is 0 Å². The zero-order valence-corrected chi connectivity index (χ0v) is 13.9. The van der Waals surface area contributed by atoms with Crippen molar-refractivity contribution in [2.24, 2.45) is 0 Å². The zero-order valence-electron chi connectivity index (χ0n) is 13.1. The van der Waals surface area contributed by atoms with Gasteiger partial charge < -0.3 is 4.74 Å². The Bertz CT molecular complexity index is 790. The Hall–Kier alpha value is -2.08. The van der Waals surface area contributed by atoms with E-state index < -0.39 is 10.0 Å². The van der Waals surface area contributed by atoms with E-state index in [0.717, 1.165) is 36.9 Å². The molecule has 1 aliphatic rings. The standard InChI is InChI=1S/C17H20N2O3S/c1-22-15-11-16(13-18-12-15)23(20,21)19-10-6-2-3-7-14-8-4-5-9-17(14)19/h4-5,8-9,11-13H,2-3,6-7,10H2,1H3. The lowest BCUT2D eigenvalue weighted by Gasteiger charge is -2.28. The monoisotopic (exact) mass is 332 g/mol. The number of fused-ring (bicyclic) bond motifs is 1. The largest absolute Gasteiger partial charge is 0.495 e. The molecule has 1 aromatic carbocycles. The van der Waals surface area contributed by atoms with Crippen molar-refractivity contribution in [3.8, 4) is 5.75 Å². The SMILES string of the molecule is COc1cncc(S(=O)(=O)N2CCCCCc3ccccc32)c1. The Labute approximate surface area is 137 Å². The zero-order chi connectivity index (χ0) is 16.3. The Morgan fingerprint density at radius 2 is 1.96 bits per heavy atom. The van der Waals surface area contributed by atoms with Gasteiger partial charge in [-0.15, -0.1) is 0 Å². The van der Waals surface area contributed by atoms with Gasteiger partial charge in [0.05, 0.1) is 19.0 Å². The number of para-hydroxylation sites is 1. The maximum absolute atomic E-state index is 13.1. The van der Waals surface area contributed by atoms with E-state index in [2.05, 4.69) is 4.98 Å². The van der Waals surface area contributed by atoms with E-state index in [4.69, 9.17) is 4.74 Å². The number of aryl methyl sites for hydroxylation is 1. The van der Waals surface area contributed by atoms with Crippen LogP contribution in [0.1, 0.15) is 24.8 Å². The van der Waals surface area contributed by atoms with Crippen molar-refractivity contribution in [1.82, 2.24) is 4.98 Å². The Morgan fingerprint density at radius 1 is 1.13 bits per heavy atom. The van der Waals surface area contributed by atoms with Gasteiger partial charge in [0.25, 0.3) is 10.0 Å². The van der Waals surface area contributed by atoms with E-state index in [9.17, 15) is 8.42 Å².